The van der Waals surface area contributed by atoms with Gasteiger partial charge in [-0.15, -0.1) is 0 Å². The van der Waals surface area contributed by atoms with Gasteiger partial charge in [0.1, 0.15) is 0 Å². The van der Waals surface area contributed by atoms with E-state index in [0.29, 0.717) is 0 Å². The van der Waals surface area contributed by atoms with Gasteiger partial charge in [0.05, 0.1) is 0 Å². The Morgan fingerprint density at radius 2 is 1.94 bits per heavy atom. The van der Waals surface area contributed by atoms with Crippen LogP contribution in [0.3, 0.4) is 0 Å². The maximum atomic E-state index is 4.48. The fourth-order valence-electron chi connectivity index (χ4n) is 3.60. The standard InChI is InChI=1S/C14H27NS/c1-2-12(11-16)10-15-9-5-8-14(15)13-6-3-4-7-13/h12-14,16H,2-11H2,1H3. The van der Waals surface area contributed by atoms with E-state index >= 15 is 0 Å². The highest BCUT2D eigenvalue weighted by Crippen LogP contribution is 2.35. The Kier molecular flexibility index (Phi) is 5.02. The predicted molar refractivity (Wildman–Crippen MR) is 74.2 cm³/mol. The average Bonchev–Trinajstić information content (AvgIpc) is 2.95. The number of rotatable bonds is 5. The summed E-state index contributed by atoms with van der Waals surface area (Å²) >= 11 is 4.48. The minimum atomic E-state index is 0.810. The summed E-state index contributed by atoms with van der Waals surface area (Å²) in [6, 6.07) is 0.927. The zero-order valence-corrected chi connectivity index (χ0v) is 11.6. The molecule has 0 amide bonds. The molecule has 1 saturated carbocycles. The van der Waals surface area contributed by atoms with Crippen molar-refractivity contribution in [2.45, 2.75) is 57.9 Å². The summed E-state index contributed by atoms with van der Waals surface area (Å²) in [4.78, 5) is 2.79. The Bertz CT molecular complexity index is 197. The molecule has 2 aliphatic rings. The number of hydrogen-bond donors (Lipinski definition) is 1. The Hall–Kier alpha value is 0.310. The van der Waals surface area contributed by atoms with Gasteiger partial charge >= 0.3 is 0 Å². The molecule has 1 nitrogen and oxygen atoms in total. The SMILES string of the molecule is CCC(CS)CN1CCCC1C1CCCC1. The lowest BCUT2D eigenvalue weighted by molar-refractivity contribution is 0.168. The minimum absolute atomic E-state index is 0.810. The second-order valence-corrected chi connectivity index (χ2v) is 6.07. The van der Waals surface area contributed by atoms with Gasteiger partial charge < -0.3 is 0 Å². The van der Waals surface area contributed by atoms with Crippen molar-refractivity contribution in [1.82, 2.24) is 4.90 Å². The van der Waals surface area contributed by atoms with E-state index in [2.05, 4.69) is 24.5 Å². The largest absolute Gasteiger partial charge is 0.300 e. The van der Waals surface area contributed by atoms with E-state index in [1.54, 1.807) is 0 Å². The first-order chi connectivity index (χ1) is 7.85. The molecule has 16 heavy (non-hydrogen) atoms. The van der Waals surface area contributed by atoms with Crippen LogP contribution in [-0.4, -0.2) is 29.8 Å². The van der Waals surface area contributed by atoms with E-state index in [9.17, 15) is 0 Å². The second kappa shape index (κ2) is 6.30. The molecular weight excluding hydrogens is 214 g/mol. The molecule has 0 aromatic carbocycles. The van der Waals surface area contributed by atoms with Gasteiger partial charge in [0.25, 0.3) is 0 Å². The van der Waals surface area contributed by atoms with Crippen LogP contribution in [0, 0.1) is 11.8 Å². The summed E-state index contributed by atoms with van der Waals surface area (Å²) in [7, 11) is 0. The Balaban J connectivity index is 1.87. The molecule has 94 valence electrons. The first kappa shape index (κ1) is 12.8. The van der Waals surface area contributed by atoms with Gasteiger partial charge in [0.15, 0.2) is 0 Å². The fraction of sp³-hybridized carbons (Fsp3) is 1.00. The van der Waals surface area contributed by atoms with E-state index < -0.39 is 0 Å². The summed E-state index contributed by atoms with van der Waals surface area (Å²) < 4.78 is 0. The highest BCUT2D eigenvalue weighted by Gasteiger charge is 2.33. The molecule has 0 spiro atoms. The van der Waals surface area contributed by atoms with Gasteiger partial charge in [0, 0.05) is 12.6 Å². The van der Waals surface area contributed by atoms with Gasteiger partial charge in [-0.2, -0.15) is 12.6 Å². The van der Waals surface area contributed by atoms with E-state index in [4.69, 9.17) is 0 Å². The monoisotopic (exact) mass is 241 g/mol. The predicted octanol–water partition coefficient (Wildman–Crippen LogP) is 3.60. The van der Waals surface area contributed by atoms with Crippen molar-refractivity contribution in [3.05, 3.63) is 0 Å². The lowest BCUT2D eigenvalue weighted by atomic mass is 9.95. The third-order valence-corrected chi connectivity index (χ3v) is 5.20. The highest BCUT2D eigenvalue weighted by molar-refractivity contribution is 7.80. The smallest absolute Gasteiger partial charge is 0.0124 e. The first-order valence-corrected chi connectivity index (χ1v) is 7.83. The number of hydrogen-bond acceptors (Lipinski definition) is 2. The summed E-state index contributed by atoms with van der Waals surface area (Å²) in [5, 5.41) is 0. The Labute approximate surface area is 106 Å². The number of thiol groups is 1. The molecule has 0 radical (unpaired) electrons. The van der Waals surface area contributed by atoms with Crippen molar-refractivity contribution in [3.8, 4) is 0 Å². The van der Waals surface area contributed by atoms with Crippen molar-refractivity contribution in [1.29, 1.82) is 0 Å². The lowest BCUT2D eigenvalue weighted by Gasteiger charge is -2.31. The molecule has 2 rings (SSSR count). The quantitative estimate of drug-likeness (QED) is 0.720. The van der Waals surface area contributed by atoms with Crippen LogP contribution < -0.4 is 0 Å². The topological polar surface area (TPSA) is 3.24 Å². The van der Waals surface area contributed by atoms with Crippen LogP contribution in [0.2, 0.25) is 0 Å². The first-order valence-electron chi connectivity index (χ1n) is 7.20. The lowest BCUT2D eigenvalue weighted by Crippen LogP contribution is -2.38. The van der Waals surface area contributed by atoms with Crippen LogP contribution in [0.25, 0.3) is 0 Å². The number of nitrogens with zero attached hydrogens (tertiary/aromatic N) is 1. The maximum Gasteiger partial charge on any atom is 0.0124 e. The molecule has 0 N–H and O–H groups in total. The third-order valence-electron chi connectivity index (χ3n) is 4.69. The van der Waals surface area contributed by atoms with Crippen molar-refractivity contribution in [2.75, 3.05) is 18.8 Å². The van der Waals surface area contributed by atoms with Crippen LogP contribution in [0.15, 0.2) is 0 Å². The summed E-state index contributed by atoms with van der Waals surface area (Å²) in [5.74, 6) is 2.90. The van der Waals surface area contributed by atoms with Gasteiger partial charge in [-0.3, -0.25) is 4.90 Å². The molecule has 0 bridgehead atoms. The van der Waals surface area contributed by atoms with Crippen molar-refractivity contribution in [2.24, 2.45) is 11.8 Å². The van der Waals surface area contributed by atoms with Crippen LogP contribution in [0.4, 0.5) is 0 Å². The highest BCUT2D eigenvalue weighted by atomic mass is 32.1. The summed E-state index contributed by atoms with van der Waals surface area (Å²) in [6.07, 6.45) is 10.2. The van der Waals surface area contributed by atoms with Gasteiger partial charge in [0.2, 0.25) is 0 Å². The Morgan fingerprint density at radius 1 is 1.19 bits per heavy atom. The van der Waals surface area contributed by atoms with Crippen LogP contribution >= 0.6 is 12.6 Å². The molecule has 2 unspecified atom stereocenters. The van der Waals surface area contributed by atoms with Crippen molar-refractivity contribution in [3.63, 3.8) is 0 Å². The molecule has 2 atom stereocenters. The maximum absolute atomic E-state index is 4.48. The second-order valence-electron chi connectivity index (χ2n) is 5.71. The van der Waals surface area contributed by atoms with Crippen LogP contribution in [-0.2, 0) is 0 Å². The molecule has 0 aromatic heterocycles. The zero-order valence-electron chi connectivity index (χ0n) is 10.7. The van der Waals surface area contributed by atoms with Gasteiger partial charge in [-0.05, 0) is 49.8 Å². The normalized spacial score (nSPS) is 30.0. The molecule has 1 aliphatic heterocycles. The average molecular weight is 241 g/mol. The zero-order chi connectivity index (χ0) is 11.4. The van der Waals surface area contributed by atoms with Gasteiger partial charge in [-0.25, -0.2) is 0 Å². The van der Waals surface area contributed by atoms with E-state index in [-0.39, 0.29) is 0 Å². The molecule has 1 aliphatic carbocycles. The fourth-order valence-corrected chi connectivity index (χ4v) is 3.98. The summed E-state index contributed by atoms with van der Waals surface area (Å²) in [6.45, 7) is 4.97. The molecule has 2 heteroatoms. The molecule has 2 fully saturated rings. The minimum Gasteiger partial charge on any atom is -0.300 e. The molecule has 0 aromatic rings. The van der Waals surface area contributed by atoms with Crippen molar-refractivity contribution >= 4 is 12.6 Å². The van der Waals surface area contributed by atoms with E-state index in [1.807, 2.05) is 0 Å². The van der Waals surface area contributed by atoms with Crippen molar-refractivity contribution < 1.29 is 0 Å². The van der Waals surface area contributed by atoms with E-state index in [0.717, 1.165) is 23.6 Å². The molecular formula is C14H27NS. The number of likely N-dealkylation sites (tertiary alicyclic amines) is 1. The summed E-state index contributed by atoms with van der Waals surface area (Å²) in [5.41, 5.74) is 0. The van der Waals surface area contributed by atoms with E-state index in [1.165, 1.54) is 58.0 Å². The van der Waals surface area contributed by atoms with Crippen LogP contribution in [0.5, 0.6) is 0 Å². The molecule has 1 heterocycles. The molecule has 1 saturated heterocycles. The Morgan fingerprint density at radius 3 is 2.56 bits per heavy atom. The van der Waals surface area contributed by atoms with Crippen LogP contribution in [0.1, 0.15) is 51.9 Å². The van der Waals surface area contributed by atoms with Gasteiger partial charge in [-0.1, -0.05) is 26.2 Å². The third kappa shape index (κ3) is 2.95.